The first kappa shape index (κ1) is 32.9. The summed E-state index contributed by atoms with van der Waals surface area (Å²) in [7, 11) is 1.67. The SMILES string of the molecule is CCOC(=O)C(CC(Cc1ccc(OCc2ccccc2)c(OCCCOC)c1)C(C)C)NC(=O)OC(C)(C)C. The van der Waals surface area contributed by atoms with Crippen molar-refractivity contribution in [1.29, 1.82) is 0 Å². The molecule has 1 N–H and O–H groups in total. The van der Waals surface area contributed by atoms with E-state index in [-0.39, 0.29) is 18.4 Å². The molecule has 0 saturated heterocycles. The predicted molar refractivity (Wildman–Crippen MR) is 156 cm³/mol. The van der Waals surface area contributed by atoms with Crippen LogP contribution in [0.5, 0.6) is 11.5 Å². The third-order valence-electron chi connectivity index (χ3n) is 6.24. The Labute approximate surface area is 239 Å². The summed E-state index contributed by atoms with van der Waals surface area (Å²) in [5.41, 5.74) is 1.44. The number of rotatable bonds is 16. The van der Waals surface area contributed by atoms with Crippen LogP contribution in [0.3, 0.4) is 0 Å². The summed E-state index contributed by atoms with van der Waals surface area (Å²) in [6.07, 6.45) is 1.20. The van der Waals surface area contributed by atoms with Gasteiger partial charge in [-0.2, -0.15) is 0 Å². The van der Waals surface area contributed by atoms with Gasteiger partial charge in [-0.25, -0.2) is 9.59 Å². The molecular weight excluding hydrogens is 510 g/mol. The minimum absolute atomic E-state index is 0.0711. The Bertz CT molecular complexity index is 1030. The maximum Gasteiger partial charge on any atom is 0.408 e. The Morgan fingerprint density at radius 1 is 0.925 bits per heavy atom. The molecule has 2 aromatic carbocycles. The fourth-order valence-electron chi connectivity index (χ4n) is 4.14. The minimum atomic E-state index is -0.819. The lowest BCUT2D eigenvalue weighted by Gasteiger charge is -2.27. The molecule has 2 atom stereocenters. The second kappa shape index (κ2) is 16.8. The zero-order chi connectivity index (χ0) is 29.5. The molecule has 40 heavy (non-hydrogen) atoms. The van der Waals surface area contributed by atoms with Crippen LogP contribution >= 0.6 is 0 Å². The standard InChI is InChI=1S/C32H47NO7/c1-8-37-30(34)27(33-31(35)40-32(4,5)6)21-26(23(2)3)19-25-15-16-28(29(20-25)38-18-12-17-36-7)39-22-24-13-10-9-11-14-24/h9-11,13-16,20,23,26-27H,8,12,17-19,21-22H2,1-7H3,(H,33,35). The van der Waals surface area contributed by atoms with Crippen molar-refractivity contribution in [3.63, 3.8) is 0 Å². The van der Waals surface area contributed by atoms with Crippen LogP contribution in [0.4, 0.5) is 4.79 Å². The molecule has 0 saturated carbocycles. The highest BCUT2D eigenvalue weighted by Gasteiger charge is 2.29. The van der Waals surface area contributed by atoms with Gasteiger partial charge in [0.1, 0.15) is 18.2 Å². The second-order valence-corrected chi connectivity index (χ2v) is 11.1. The largest absolute Gasteiger partial charge is 0.490 e. The van der Waals surface area contributed by atoms with Crippen molar-refractivity contribution in [2.75, 3.05) is 26.9 Å². The molecule has 2 rings (SSSR count). The molecule has 2 aromatic rings. The van der Waals surface area contributed by atoms with E-state index in [1.807, 2.05) is 48.5 Å². The number of amides is 1. The number of ether oxygens (including phenoxy) is 5. The van der Waals surface area contributed by atoms with Crippen molar-refractivity contribution in [2.45, 2.75) is 79.1 Å². The molecule has 1 amide bonds. The minimum Gasteiger partial charge on any atom is -0.490 e. The lowest BCUT2D eigenvalue weighted by Crippen LogP contribution is -2.45. The number of esters is 1. The van der Waals surface area contributed by atoms with Gasteiger partial charge >= 0.3 is 12.1 Å². The van der Waals surface area contributed by atoms with E-state index in [1.165, 1.54) is 0 Å². The first-order valence-corrected chi connectivity index (χ1v) is 14.1. The fraction of sp³-hybridized carbons (Fsp3) is 0.562. The molecule has 0 fully saturated rings. The van der Waals surface area contributed by atoms with Gasteiger partial charge in [0.15, 0.2) is 11.5 Å². The Morgan fingerprint density at radius 3 is 2.27 bits per heavy atom. The molecular formula is C32H47NO7. The molecule has 8 heteroatoms. The van der Waals surface area contributed by atoms with Crippen molar-refractivity contribution in [1.82, 2.24) is 5.32 Å². The normalized spacial score (nSPS) is 12.9. The lowest BCUT2D eigenvalue weighted by atomic mass is 9.84. The molecule has 222 valence electrons. The van der Waals surface area contributed by atoms with Crippen molar-refractivity contribution < 1.29 is 33.3 Å². The maximum absolute atomic E-state index is 12.8. The van der Waals surface area contributed by atoms with Crippen molar-refractivity contribution in [3.05, 3.63) is 59.7 Å². The molecule has 2 unspecified atom stereocenters. The number of benzene rings is 2. The van der Waals surface area contributed by atoms with Crippen molar-refractivity contribution in [3.8, 4) is 11.5 Å². The van der Waals surface area contributed by atoms with Crippen LogP contribution in [0.1, 0.15) is 65.5 Å². The summed E-state index contributed by atoms with van der Waals surface area (Å²) in [6, 6.07) is 15.1. The molecule has 0 aliphatic heterocycles. The number of carbonyl (C=O) groups excluding carboxylic acids is 2. The number of nitrogens with one attached hydrogen (secondary N) is 1. The number of carbonyl (C=O) groups is 2. The Balaban J connectivity index is 2.21. The lowest BCUT2D eigenvalue weighted by molar-refractivity contribution is -0.146. The van der Waals surface area contributed by atoms with E-state index in [0.717, 1.165) is 17.5 Å². The molecule has 0 aliphatic rings. The second-order valence-electron chi connectivity index (χ2n) is 11.1. The highest BCUT2D eigenvalue weighted by atomic mass is 16.6. The number of hydrogen-bond donors (Lipinski definition) is 1. The molecule has 8 nitrogen and oxygen atoms in total. The summed E-state index contributed by atoms with van der Waals surface area (Å²) in [5.74, 6) is 1.17. The van der Waals surface area contributed by atoms with E-state index >= 15 is 0 Å². The van der Waals surface area contributed by atoms with Crippen LogP contribution in [0.2, 0.25) is 0 Å². The van der Waals surface area contributed by atoms with Gasteiger partial charge in [-0.15, -0.1) is 0 Å². The zero-order valence-electron chi connectivity index (χ0n) is 25.2. The van der Waals surface area contributed by atoms with E-state index in [4.69, 9.17) is 23.7 Å². The summed E-state index contributed by atoms with van der Waals surface area (Å²) in [4.78, 5) is 25.3. The Kier molecular flexibility index (Phi) is 13.8. The summed E-state index contributed by atoms with van der Waals surface area (Å²) < 4.78 is 28.1. The van der Waals surface area contributed by atoms with Crippen LogP contribution in [0.15, 0.2) is 48.5 Å². The van der Waals surface area contributed by atoms with Crippen molar-refractivity contribution >= 4 is 12.1 Å². The van der Waals surface area contributed by atoms with Gasteiger partial charge < -0.3 is 29.0 Å². The fourth-order valence-corrected chi connectivity index (χ4v) is 4.14. The zero-order valence-corrected chi connectivity index (χ0v) is 25.2. The third-order valence-corrected chi connectivity index (χ3v) is 6.24. The van der Waals surface area contributed by atoms with E-state index < -0.39 is 23.7 Å². The van der Waals surface area contributed by atoms with Crippen LogP contribution in [0, 0.1) is 11.8 Å². The first-order chi connectivity index (χ1) is 19.0. The van der Waals surface area contributed by atoms with Crippen LogP contribution < -0.4 is 14.8 Å². The van der Waals surface area contributed by atoms with Gasteiger partial charge in [0.2, 0.25) is 0 Å². The Morgan fingerprint density at radius 2 is 1.65 bits per heavy atom. The predicted octanol–water partition coefficient (Wildman–Crippen LogP) is 6.34. The molecule has 0 aliphatic carbocycles. The van der Waals surface area contributed by atoms with Gasteiger partial charge in [0, 0.05) is 20.1 Å². The Hall–Kier alpha value is -3.26. The third kappa shape index (κ3) is 12.3. The van der Waals surface area contributed by atoms with Gasteiger partial charge in [0.25, 0.3) is 0 Å². The molecule has 0 radical (unpaired) electrons. The molecule has 0 aromatic heterocycles. The van der Waals surface area contributed by atoms with Gasteiger partial charge in [-0.05, 0) is 75.6 Å². The van der Waals surface area contributed by atoms with E-state index in [0.29, 0.717) is 44.2 Å². The number of hydrogen-bond acceptors (Lipinski definition) is 7. The first-order valence-electron chi connectivity index (χ1n) is 14.1. The maximum atomic E-state index is 12.8. The van der Waals surface area contributed by atoms with Crippen LogP contribution in [-0.2, 0) is 32.0 Å². The van der Waals surface area contributed by atoms with Crippen LogP contribution in [-0.4, -0.2) is 50.6 Å². The van der Waals surface area contributed by atoms with Gasteiger partial charge in [-0.1, -0.05) is 50.2 Å². The molecule has 0 spiro atoms. The number of alkyl carbamates (subject to hydrolysis) is 1. The quantitative estimate of drug-likeness (QED) is 0.190. The van der Waals surface area contributed by atoms with E-state index in [1.54, 1.807) is 34.8 Å². The monoisotopic (exact) mass is 557 g/mol. The van der Waals surface area contributed by atoms with Crippen LogP contribution in [0.25, 0.3) is 0 Å². The highest BCUT2D eigenvalue weighted by Crippen LogP contribution is 2.32. The van der Waals surface area contributed by atoms with E-state index in [2.05, 4.69) is 19.2 Å². The summed E-state index contributed by atoms with van der Waals surface area (Å²) in [6.45, 7) is 13.1. The smallest absolute Gasteiger partial charge is 0.408 e. The molecule has 0 heterocycles. The average molecular weight is 558 g/mol. The topological polar surface area (TPSA) is 92.3 Å². The summed E-state index contributed by atoms with van der Waals surface area (Å²) >= 11 is 0. The average Bonchev–Trinajstić information content (AvgIpc) is 2.89. The van der Waals surface area contributed by atoms with Gasteiger partial charge in [-0.3, -0.25) is 0 Å². The van der Waals surface area contributed by atoms with E-state index in [9.17, 15) is 9.59 Å². The van der Waals surface area contributed by atoms with Gasteiger partial charge in [0.05, 0.1) is 13.2 Å². The number of methoxy groups -OCH3 is 1. The van der Waals surface area contributed by atoms with Crippen molar-refractivity contribution in [2.24, 2.45) is 11.8 Å². The highest BCUT2D eigenvalue weighted by molar-refractivity contribution is 5.81. The summed E-state index contributed by atoms with van der Waals surface area (Å²) in [5, 5.41) is 2.73. The molecule has 0 bridgehead atoms.